The fourth-order valence-electron chi connectivity index (χ4n) is 1.19. The first-order valence-electron chi connectivity index (χ1n) is 3.64. The molecule has 0 bridgehead atoms. The third-order valence-corrected chi connectivity index (χ3v) is 2.70. The van der Waals surface area contributed by atoms with Crippen LogP contribution in [0.15, 0.2) is 16.6 Å². The summed E-state index contributed by atoms with van der Waals surface area (Å²) in [5.41, 5.74) is 3.05. The molecule has 2 rings (SSSR count). The van der Waals surface area contributed by atoms with Gasteiger partial charge < -0.3 is 0 Å². The lowest BCUT2D eigenvalue weighted by Crippen LogP contribution is -1.90. The van der Waals surface area contributed by atoms with Crippen LogP contribution in [0.2, 0.25) is 0 Å². The van der Waals surface area contributed by atoms with Crippen molar-refractivity contribution in [2.75, 3.05) is 0 Å². The predicted octanol–water partition coefficient (Wildman–Crippen LogP) is 2.04. The van der Waals surface area contributed by atoms with Gasteiger partial charge in [-0.15, -0.1) is 0 Å². The summed E-state index contributed by atoms with van der Waals surface area (Å²) >= 11 is 3.45. The zero-order valence-electron chi connectivity index (χ0n) is 6.87. The second-order valence-electron chi connectivity index (χ2n) is 2.73. The summed E-state index contributed by atoms with van der Waals surface area (Å²) in [4.78, 5) is 1.59. The largest absolute Gasteiger partial charge is 0.187 e. The number of rotatable bonds is 0. The third kappa shape index (κ3) is 1.03. The maximum absolute atomic E-state index is 4.25. The van der Waals surface area contributed by atoms with Crippen molar-refractivity contribution in [3.05, 3.63) is 22.2 Å². The average Bonchev–Trinajstić information content (AvgIpc) is 2.39. The smallest absolute Gasteiger partial charge is 0.117 e. The Bertz CT molecular complexity index is 433. The molecule has 1 heterocycles. The van der Waals surface area contributed by atoms with Gasteiger partial charge in [-0.2, -0.15) is 15.0 Å². The quantitative estimate of drug-likeness (QED) is 0.688. The Labute approximate surface area is 78.5 Å². The molecule has 1 aromatic heterocycles. The fraction of sp³-hybridized carbons (Fsp3) is 0.250. The Morgan fingerprint density at radius 1 is 1.33 bits per heavy atom. The topological polar surface area (TPSA) is 30.7 Å². The van der Waals surface area contributed by atoms with E-state index in [2.05, 4.69) is 26.1 Å². The van der Waals surface area contributed by atoms with Crippen molar-refractivity contribution in [1.29, 1.82) is 0 Å². The molecule has 0 unspecified atom stereocenters. The minimum absolute atomic E-state index is 0.943. The zero-order chi connectivity index (χ0) is 8.72. The Morgan fingerprint density at radius 3 is 2.83 bits per heavy atom. The van der Waals surface area contributed by atoms with Gasteiger partial charge in [-0.1, -0.05) is 15.9 Å². The van der Waals surface area contributed by atoms with Gasteiger partial charge in [0.25, 0.3) is 0 Å². The molecule has 4 heteroatoms. The zero-order valence-corrected chi connectivity index (χ0v) is 8.46. The van der Waals surface area contributed by atoms with Crippen LogP contribution >= 0.6 is 15.9 Å². The van der Waals surface area contributed by atoms with E-state index in [1.54, 1.807) is 4.80 Å². The molecule has 0 atom stereocenters. The van der Waals surface area contributed by atoms with E-state index in [0.717, 1.165) is 21.1 Å². The number of aromatic nitrogens is 3. The number of halogens is 1. The van der Waals surface area contributed by atoms with Crippen molar-refractivity contribution in [3.63, 3.8) is 0 Å². The molecule has 0 aliphatic carbocycles. The normalized spacial score (nSPS) is 10.9. The Balaban J connectivity index is 2.89. The highest BCUT2D eigenvalue weighted by Gasteiger charge is 2.05. The minimum Gasteiger partial charge on any atom is -0.187 e. The van der Waals surface area contributed by atoms with Gasteiger partial charge in [-0.05, 0) is 24.6 Å². The molecule has 3 nitrogen and oxygen atoms in total. The van der Waals surface area contributed by atoms with Gasteiger partial charge in [0.2, 0.25) is 0 Å². The van der Waals surface area contributed by atoms with E-state index in [-0.39, 0.29) is 0 Å². The number of aryl methyl sites for hydroxylation is 2. The Morgan fingerprint density at radius 2 is 2.08 bits per heavy atom. The van der Waals surface area contributed by atoms with Gasteiger partial charge in [0, 0.05) is 11.5 Å². The predicted molar refractivity (Wildman–Crippen MR) is 50.9 cm³/mol. The lowest BCUT2D eigenvalue weighted by atomic mass is 10.2. The van der Waals surface area contributed by atoms with Gasteiger partial charge in [-0.3, -0.25) is 0 Å². The highest BCUT2D eigenvalue weighted by Crippen LogP contribution is 2.22. The van der Waals surface area contributed by atoms with Gasteiger partial charge in [-0.25, -0.2) is 0 Å². The van der Waals surface area contributed by atoms with Crippen LogP contribution in [-0.4, -0.2) is 15.0 Å². The van der Waals surface area contributed by atoms with Crippen molar-refractivity contribution < 1.29 is 0 Å². The van der Waals surface area contributed by atoms with Crippen LogP contribution in [0.3, 0.4) is 0 Å². The molecule has 0 aliphatic rings. The van der Waals surface area contributed by atoms with Crippen LogP contribution in [0.25, 0.3) is 11.0 Å². The van der Waals surface area contributed by atoms with E-state index in [4.69, 9.17) is 0 Å². The lowest BCUT2D eigenvalue weighted by molar-refractivity contribution is 0.665. The van der Waals surface area contributed by atoms with Gasteiger partial charge in [0.1, 0.15) is 11.0 Å². The van der Waals surface area contributed by atoms with Gasteiger partial charge in [0.15, 0.2) is 0 Å². The van der Waals surface area contributed by atoms with E-state index >= 15 is 0 Å². The highest BCUT2D eigenvalue weighted by molar-refractivity contribution is 9.10. The first-order valence-corrected chi connectivity index (χ1v) is 4.44. The number of hydrogen-bond donors (Lipinski definition) is 0. The molecule has 1 aromatic carbocycles. The molecular weight excluding hydrogens is 218 g/mol. The maximum atomic E-state index is 4.25. The Kier molecular flexibility index (Phi) is 1.65. The number of hydrogen-bond acceptors (Lipinski definition) is 2. The lowest BCUT2D eigenvalue weighted by Gasteiger charge is -1.94. The minimum atomic E-state index is 0.943. The van der Waals surface area contributed by atoms with Crippen LogP contribution in [0.4, 0.5) is 0 Å². The van der Waals surface area contributed by atoms with E-state index in [9.17, 15) is 0 Å². The third-order valence-electron chi connectivity index (χ3n) is 1.84. The van der Waals surface area contributed by atoms with E-state index < -0.39 is 0 Å². The second kappa shape index (κ2) is 2.55. The number of nitrogens with zero attached hydrogens (tertiary/aromatic N) is 3. The highest BCUT2D eigenvalue weighted by atomic mass is 79.9. The summed E-state index contributed by atoms with van der Waals surface area (Å²) in [7, 11) is 1.83. The summed E-state index contributed by atoms with van der Waals surface area (Å²) in [6.45, 7) is 2.03. The summed E-state index contributed by atoms with van der Waals surface area (Å²) < 4.78 is 1.08. The summed E-state index contributed by atoms with van der Waals surface area (Å²) in [6.07, 6.45) is 0. The SMILES string of the molecule is Cc1c(Br)ccc2nn(C)nc12. The first kappa shape index (κ1) is 7.73. The second-order valence-corrected chi connectivity index (χ2v) is 3.58. The van der Waals surface area contributed by atoms with E-state index in [0.29, 0.717) is 0 Å². The van der Waals surface area contributed by atoms with E-state index in [1.807, 2.05) is 26.1 Å². The van der Waals surface area contributed by atoms with Crippen LogP contribution in [0, 0.1) is 6.92 Å². The van der Waals surface area contributed by atoms with Crippen LogP contribution < -0.4 is 0 Å². The molecule has 0 amide bonds. The van der Waals surface area contributed by atoms with Crippen LogP contribution in [0.1, 0.15) is 5.56 Å². The molecule has 12 heavy (non-hydrogen) atoms. The molecular formula is C8H8BrN3. The van der Waals surface area contributed by atoms with Gasteiger partial charge >= 0.3 is 0 Å². The molecule has 0 saturated carbocycles. The van der Waals surface area contributed by atoms with Crippen LogP contribution in [0.5, 0.6) is 0 Å². The monoisotopic (exact) mass is 225 g/mol. The molecule has 62 valence electrons. The molecule has 2 aromatic rings. The summed E-state index contributed by atoms with van der Waals surface area (Å²) in [6, 6.07) is 3.95. The van der Waals surface area contributed by atoms with Crippen LogP contribution in [-0.2, 0) is 7.05 Å². The number of fused-ring (bicyclic) bond motifs is 1. The van der Waals surface area contributed by atoms with E-state index in [1.165, 1.54) is 0 Å². The van der Waals surface area contributed by atoms with Crippen molar-refractivity contribution in [2.45, 2.75) is 6.92 Å². The summed E-state index contributed by atoms with van der Waals surface area (Å²) in [5, 5.41) is 8.45. The molecule has 0 radical (unpaired) electrons. The molecule has 0 fully saturated rings. The van der Waals surface area contributed by atoms with Crippen molar-refractivity contribution >= 4 is 27.0 Å². The van der Waals surface area contributed by atoms with Crippen molar-refractivity contribution in [1.82, 2.24) is 15.0 Å². The maximum Gasteiger partial charge on any atom is 0.117 e. The fourth-order valence-corrected chi connectivity index (χ4v) is 1.51. The average molecular weight is 226 g/mol. The van der Waals surface area contributed by atoms with Crippen molar-refractivity contribution in [2.24, 2.45) is 7.05 Å². The Hall–Kier alpha value is -0.900. The standard InChI is InChI=1S/C8H8BrN3/c1-5-6(9)3-4-7-8(5)11-12(2)10-7/h3-4H,1-2H3. The number of benzene rings is 1. The molecule has 0 N–H and O–H groups in total. The summed E-state index contributed by atoms with van der Waals surface area (Å²) in [5.74, 6) is 0. The van der Waals surface area contributed by atoms with Gasteiger partial charge in [0.05, 0.1) is 0 Å². The molecule has 0 spiro atoms. The molecule has 0 saturated heterocycles. The van der Waals surface area contributed by atoms with Crippen molar-refractivity contribution in [3.8, 4) is 0 Å². The molecule has 0 aliphatic heterocycles. The first-order chi connectivity index (χ1) is 5.68.